The van der Waals surface area contributed by atoms with Crippen LogP contribution in [0.3, 0.4) is 0 Å². The van der Waals surface area contributed by atoms with Gasteiger partial charge in [0.05, 0.1) is 11.5 Å². The van der Waals surface area contributed by atoms with Gasteiger partial charge in [0.15, 0.2) is 0 Å². The zero-order chi connectivity index (χ0) is 19.2. The SMILES string of the molecule is O=C(O)c1cccc(NC(=O)C2CCCN(C(=O)Nc3ccccc3)C2)c1. The number of carboxylic acids is 1. The van der Waals surface area contributed by atoms with Crippen molar-refractivity contribution in [2.75, 3.05) is 23.7 Å². The van der Waals surface area contributed by atoms with Crippen LogP contribution in [0.5, 0.6) is 0 Å². The summed E-state index contributed by atoms with van der Waals surface area (Å²) in [5.41, 5.74) is 1.26. The van der Waals surface area contributed by atoms with E-state index >= 15 is 0 Å². The average molecular weight is 367 g/mol. The van der Waals surface area contributed by atoms with E-state index in [-0.39, 0.29) is 23.4 Å². The molecule has 1 fully saturated rings. The first-order valence-electron chi connectivity index (χ1n) is 8.78. The number of benzene rings is 2. The number of anilines is 2. The number of likely N-dealkylation sites (tertiary alicyclic amines) is 1. The Morgan fingerprint density at radius 1 is 0.963 bits per heavy atom. The first kappa shape index (κ1) is 18.4. The van der Waals surface area contributed by atoms with E-state index in [4.69, 9.17) is 5.11 Å². The molecule has 2 aromatic carbocycles. The third kappa shape index (κ3) is 4.84. The normalized spacial score (nSPS) is 16.4. The van der Waals surface area contributed by atoms with Crippen LogP contribution in [0.2, 0.25) is 0 Å². The molecule has 0 spiro atoms. The summed E-state index contributed by atoms with van der Waals surface area (Å²) < 4.78 is 0. The first-order valence-corrected chi connectivity index (χ1v) is 8.78. The maximum absolute atomic E-state index is 12.6. The summed E-state index contributed by atoms with van der Waals surface area (Å²) in [7, 11) is 0. The quantitative estimate of drug-likeness (QED) is 0.772. The Morgan fingerprint density at radius 2 is 1.70 bits per heavy atom. The lowest BCUT2D eigenvalue weighted by atomic mass is 9.97. The fourth-order valence-electron chi connectivity index (χ4n) is 3.07. The first-order chi connectivity index (χ1) is 13.0. The Balaban J connectivity index is 1.60. The lowest BCUT2D eigenvalue weighted by molar-refractivity contribution is -0.121. The van der Waals surface area contributed by atoms with Crippen molar-refractivity contribution in [2.24, 2.45) is 5.92 Å². The van der Waals surface area contributed by atoms with E-state index in [0.717, 1.165) is 6.42 Å². The fraction of sp³-hybridized carbons (Fsp3) is 0.250. The van der Waals surface area contributed by atoms with Crippen LogP contribution < -0.4 is 10.6 Å². The van der Waals surface area contributed by atoms with Crippen molar-refractivity contribution < 1.29 is 19.5 Å². The molecule has 1 unspecified atom stereocenters. The van der Waals surface area contributed by atoms with Crippen molar-refractivity contribution in [3.8, 4) is 0 Å². The summed E-state index contributed by atoms with van der Waals surface area (Å²) in [6.07, 6.45) is 1.41. The number of piperidine rings is 1. The fourth-order valence-corrected chi connectivity index (χ4v) is 3.07. The minimum Gasteiger partial charge on any atom is -0.478 e. The van der Waals surface area contributed by atoms with Crippen LogP contribution >= 0.6 is 0 Å². The molecule has 0 aliphatic carbocycles. The number of para-hydroxylation sites is 1. The molecule has 1 aliphatic heterocycles. The molecule has 3 amide bonds. The Bertz CT molecular complexity index is 838. The molecule has 0 aromatic heterocycles. The van der Waals surface area contributed by atoms with Gasteiger partial charge >= 0.3 is 12.0 Å². The molecule has 1 heterocycles. The van der Waals surface area contributed by atoms with Crippen LogP contribution in [0.4, 0.5) is 16.2 Å². The molecule has 0 radical (unpaired) electrons. The number of hydrogen-bond acceptors (Lipinski definition) is 3. The molecule has 1 atom stereocenters. The highest BCUT2D eigenvalue weighted by molar-refractivity contribution is 5.96. The maximum atomic E-state index is 12.6. The van der Waals surface area contributed by atoms with Gasteiger partial charge in [-0.15, -0.1) is 0 Å². The van der Waals surface area contributed by atoms with Gasteiger partial charge in [0.25, 0.3) is 0 Å². The number of carbonyl (C=O) groups is 3. The van der Waals surface area contributed by atoms with Gasteiger partial charge in [-0.2, -0.15) is 0 Å². The molecule has 7 nitrogen and oxygen atoms in total. The van der Waals surface area contributed by atoms with E-state index in [1.165, 1.54) is 12.1 Å². The summed E-state index contributed by atoms with van der Waals surface area (Å²) >= 11 is 0. The van der Waals surface area contributed by atoms with Gasteiger partial charge in [0.1, 0.15) is 0 Å². The third-order valence-electron chi connectivity index (χ3n) is 4.48. The van der Waals surface area contributed by atoms with E-state index in [1.54, 1.807) is 17.0 Å². The van der Waals surface area contributed by atoms with Gasteiger partial charge in [-0.25, -0.2) is 9.59 Å². The lowest BCUT2D eigenvalue weighted by Gasteiger charge is -2.32. The van der Waals surface area contributed by atoms with E-state index < -0.39 is 5.97 Å². The average Bonchev–Trinajstić information content (AvgIpc) is 2.69. The molecule has 1 aliphatic rings. The number of rotatable bonds is 4. The van der Waals surface area contributed by atoms with Gasteiger partial charge in [0.2, 0.25) is 5.91 Å². The second-order valence-corrected chi connectivity index (χ2v) is 6.46. The molecule has 0 bridgehead atoms. The van der Waals surface area contributed by atoms with Crippen molar-refractivity contribution in [2.45, 2.75) is 12.8 Å². The van der Waals surface area contributed by atoms with Crippen LogP contribution in [-0.2, 0) is 4.79 Å². The second kappa shape index (κ2) is 8.35. The highest BCUT2D eigenvalue weighted by Crippen LogP contribution is 2.20. The molecule has 3 rings (SSSR count). The molecule has 2 aromatic rings. The Hall–Kier alpha value is -3.35. The number of carboxylic acid groups (broad SMARTS) is 1. The van der Waals surface area contributed by atoms with Gasteiger partial charge < -0.3 is 20.6 Å². The van der Waals surface area contributed by atoms with Crippen LogP contribution in [0.25, 0.3) is 0 Å². The van der Waals surface area contributed by atoms with E-state index in [1.807, 2.05) is 30.3 Å². The van der Waals surface area contributed by atoms with Crippen LogP contribution in [0.1, 0.15) is 23.2 Å². The summed E-state index contributed by atoms with van der Waals surface area (Å²) in [4.78, 5) is 37.7. The Kier molecular flexibility index (Phi) is 5.71. The lowest BCUT2D eigenvalue weighted by Crippen LogP contribution is -2.45. The predicted octanol–water partition coefficient (Wildman–Crippen LogP) is 3.27. The largest absolute Gasteiger partial charge is 0.478 e. The monoisotopic (exact) mass is 367 g/mol. The number of urea groups is 1. The number of amides is 3. The molecule has 3 N–H and O–H groups in total. The minimum absolute atomic E-state index is 0.111. The summed E-state index contributed by atoms with van der Waals surface area (Å²) in [6.45, 7) is 0.917. The van der Waals surface area contributed by atoms with Gasteiger partial charge in [-0.1, -0.05) is 24.3 Å². The summed E-state index contributed by atoms with van der Waals surface area (Å²) in [5, 5.41) is 14.6. The van der Waals surface area contributed by atoms with Crippen molar-refractivity contribution in [3.05, 3.63) is 60.2 Å². The Labute approximate surface area is 157 Å². The number of hydrogen-bond donors (Lipinski definition) is 3. The van der Waals surface area contributed by atoms with Crippen molar-refractivity contribution >= 4 is 29.3 Å². The van der Waals surface area contributed by atoms with Crippen molar-refractivity contribution in [1.82, 2.24) is 4.90 Å². The third-order valence-corrected chi connectivity index (χ3v) is 4.48. The molecular weight excluding hydrogens is 346 g/mol. The minimum atomic E-state index is -1.05. The molecule has 140 valence electrons. The van der Waals surface area contributed by atoms with E-state index in [9.17, 15) is 14.4 Å². The number of aromatic carboxylic acids is 1. The number of nitrogens with zero attached hydrogens (tertiary/aromatic N) is 1. The Morgan fingerprint density at radius 3 is 2.44 bits per heavy atom. The smallest absolute Gasteiger partial charge is 0.335 e. The summed E-state index contributed by atoms with van der Waals surface area (Å²) in [5.74, 6) is -1.60. The number of nitrogens with one attached hydrogen (secondary N) is 2. The second-order valence-electron chi connectivity index (χ2n) is 6.46. The molecule has 1 saturated heterocycles. The molecule has 0 saturated carbocycles. The predicted molar refractivity (Wildman–Crippen MR) is 102 cm³/mol. The molecular formula is C20H21N3O4. The van der Waals surface area contributed by atoms with Gasteiger partial charge in [-0.3, -0.25) is 4.79 Å². The van der Waals surface area contributed by atoms with E-state index in [0.29, 0.717) is 30.9 Å². The van der Waals surface area contributed by atoms with Crippen LogP contribution in [0, 0.1) is 5.92 Å². The topological polar surface area (TPSA) is 98.7 Å². The van der Waals surface area contributed by atoms with Gasteiger partial charge in [0, 0.05) is 24.5 Å². The molecule has 27 heavy (non-hydrogen) atoms. The highest BCUT2D eigenvalue weighted by atomic mass is 16.4. The zero-order valence-corrected chi connectivity index (χ0v) is 14.7. The standard InChI is InChI=1S/C20H21N3O4/c24-18(21-17-10-4-6-14(12-17)19(25)26)15-7-5-11-23(13-15)20(27)22-16-8-2-1-3-9-16/h1-4,6,8-10,12,15H,5,7,11,13H2,(H,21,24)(H,22,27)(H,25,26). The molecule has 7 heteroatoms. The van der Waals surface area contributed by atoms with Crippen LogP contribution in [0.15, 0.2) is 54.6 Å². The van der Waals surface area contributed by atoms with Gasteiger partial charge in [-0.05, 0) is 43.2 Å². The van der Waals surface area contributed by atoms with Crippen LogP contribution in [-0.4, -0.2) is 41.0 Å². The van der Waals surface area contributed by atoms with Crippen molar-refractivity contribution in [1.29, 1.82) is 0 Å². The summed E-state index contributed by atoms with van der Waals surface area (Å²) in [6, 6.07) is 15.1. The number of carbonyl (C=O) groups excluding carboxylic acids is 2. The zero-order valence-electron chi connectivity index (χ0n) is 14.7. The highest BCUT2D eigenvalue weighted by Gasteiger charge is 2.28. The van der Waals surface area contributed by atoms with Crippen molar-refractivity contribution in [3.63, 3.8) is 0 Å². The maximum Gasteiger partial charge on any atom is 0.335 e. The van der Waals surface area contributed by atoms with E-state index in [2.05, 4.69) is 10.6 Å².